The number of hydrogen-bond donors (Lipinski definition) is 1. The largest absolute Gasteiger partial charge is 0.474 e. The standard InChI is InChI=1S/C12H8N2O4/c1-6-5-17-9-3-2-7(4-8(6)9)10-13-11(12(15)16)18-14-10/h2-5H,1H3,(H,15,16). The van der Waals surface area contributed by atoms with Gasteiger partial charge in [0.1, 0.15) is 5.58 Å². The molecule has 90 valence electrons. The van der Waals surface area contributed by atoms with Gasteiger partial charge in [-0.25, -0.2) is 4.79 Å². The lowest BCUT2D eigenvalue weighted by Crippen LogP contribution is -1.95. The van der Waals surface area contributed by atoms with Crippen LogP contribution in [0.1, 0.15) is 16.2 Å². The van der Waals surface area contributed by atoms with Crippen molar-refractivity contribution in [3.05, 3.63) is 35.9 Å². The van der Waals surface area contributed by atoms with E-state index < -0.39 is 11.9 Å². The quantitative estimate of drug-likeness (QED) is 0.744. The number of carboxylic acids is 1. The first-order valence-corrected chi connectivity index (χ1v) is 5.20. The van der Waals surface area contributed by atoms with Crippen LogP contribution in [0.3, 0.4) is 0 Å². The molecule has 0 saturated carbocycles. The molecular formula is C12H8N2O4. The van der Waals surface area contributed by atoms with Gasteiger partial charge in [0.05, 0.1) is 6.26 Å². The molecule has 6 heteroatoms. The summed E-state index contributed by atoms with van der Waals surface area (Å²) in [6, 6.07) is 5.38. The Balaban J connectivity index is 2.12. The molecule has 2 aromatic heterocycles. The number of furan rings is 1. The van der Waals surface area contributed by atoms with Crippen molar-refractivity contribution in [1.29, 1.82) is 0 Å². The van der Waals surface area contributed by atoms with Crippen molar-refractivity contribution in [2.75, 3.05) is 0 Å². The molecule has 0 bridgehead atoms. The van der Waals surface area contributed by atoms with Gasteiger partial charge in [-0.3, -0.25) is 0 Å². The molecule has 0 unspecified atom stereocenters. The molecule has 0 spiro atoms. The first-order chi connectivity index (χ1) is 8.65. The Morgan fingerprint density at radius 3 is 2.94 bits per heavy atom. The van der Waals surface area contributed by atoms with Gasteiger partial charge in [0.2, 0.25) is 5.82 Å². The molecule has 1 N–H and O–H groups in total. The van der Waals surface area contributed by atoms with E-state index in [4.69, 9.17) is 9.52 Å². The number of benzene rings is 1. The van der Waals surface area contributed by atoms with E-state index in [0.29, 0.717) is 5.56 Å². The van der Waals surface area contributed by atoms with Crippen LogP contribution in [-0.4, -0.2) is 21.2 Å². The Morgan fingerprint density at radius 1 is 1.39 bits per heavy atom. The summed E-state index contributed by atoms with van der Waals surface area (Å²) in [6.07, 6.45) is 1.66. The van der Waals surface area contributed by atoms with Crippen LogP contribution in [0.25, 0.3) is 22.4 Å². The Kier molecular flexibility index (Phi) is 2.16. The first kappa shape index (κ1) is 10.5. The number of rotatable bonds is 2. The highest BCUT2D eigenvalue weighted by molar-refractivity contribution is 5.86. The van der Waals surface area contributed by atoms with Gasteiger partial charge < -0.3 is 14.0 Å². The van der Waals surface area contributed by atoms with Gasteiger partial charge in [0.25, 0.3) is 0 Å². The number of aromatic nitrogens is 2. The van der Waals surface area contributed by atoms with E-state index in [0.717, 1.165) is 16.5 Å². The predicted octanol–water partition coefficient (Wildman–Crippen LogP) is 2.49. The van der Waals surface area contributed by atoms with Crippen molar-refractivity contribution in [3.8, 4) is 11.4 Å². The Hall–Kier alpha value is -2.63. The van der Waals surface area contributed by atoms with Crippen molar-refractivity contribution in [3.63, 3.8) is 0 Å². The second kappa shape index (κ2) is 3.69. The summed E-state index contributed by atoms with van der Waals surface area (Å²) >= 11 is 0. The van der Waals surface area contributed by atoms with E-state index >= 15 is 0 Å². The lowest BCUT2D eigenvalue weighted by molar-refractivity contribution is 0.0643. The van der Waals surface area contributed by atoms with Crippen LogP contribution in [-0.2, 0) is 0 Å². The summed E-state index contributed by atoms with van der Waals surface area (Å²) in [6.45, 7) is 1.93. The highest BCUT2D eigenvalue weighted by Crippen LogP contribution is 2.25. The molecule has 0 radical (unpaired) electrons. The number of nitrogens with zero attached hydrogens (tertiary/aromatic N) is 2. The summed E-state index contributed by atoms with van der Waals surface area (Å²) in [5, 5.41) is 13.3. The third kappa shape index (κ3) is 1.55. The summed E-state index contributed by atoms with van der Waals surface area (Å²) in [7, 11) is 0. The Labute approximate surface area is 101 Å². The fourth-order valence-electron chi connectivity index (χ4n) is 1.72. The van der Waals surface area contributed by atoms with E-state index in [2.05, 4.69) is 14.7 Å². The summed E-state index contributed by atoms with van der Waals surface area (Å²) < 4.78 is 9.94. The van der Waals surface area contributed by atoms with E-state index in [1.165, 1.54) is 0 Å². The van der Waals surface area contributed by atoms with Crippen molar-refractivity contribution in [2.45, 2.75) is 6.92 Å². The predicted molar refractivity (Wildman–Crippen MR) is 61.2 cm³/mol. The molecule has 0 atom stereocenters. The number of hydrogen-bond acceptors (Lipinski definition) is 5. The lowest BCUT2D eigenvalue weighted by atomic mass is 10.1. The van der Waals surface area contributed by atoms with Crippen LogP contribution in [0.5, 0.6) is 0 Å². The van der Waals surface area contributed by atoms with Gasteiger partial charge in [-0.1, -0.05) is 5.16 Å². The highest BCUT2D eigenvalue weighted by Gasteiger charge is 2.15. The molecule has 18 heavy (non-hydrogen) atoms. The zero-order valence-corrected chi connectivity index (χ0v) is 9.38. The van der Waals surface area contributed by atoms with Crippen LogP contribution < -0.4 is 0 Å². The fraction of sp³-hybridized carbons (Fsp3) is 0.0833. The van der Waals surface area contributed by atoms with Gasteiger partial charge in [0, 0.05) is 10.9 Å². The normalized spacial score (nSPS) is 10.9. The van der Waals surface area contributed by atoms with Crippen molar-refractivity contribution in [1.82, 2.24) is 10.1 Å². The van der Waals surface area contributed by atoms with Crippen LogP contribution in [0.15, 0.2) is 33.4 Å². The minimum absolute atomic E-state index is 0.245. The van der Waals surface area contributed by atoms with E-state index in [1.807, 2.05) is 13.0 Å². The number of carboxylic acid groups (broad SMARTS) is 1. The van der Waals surface area contributed by atoms with Crippen LogP contribution in [0, 0.1) is 6.92 Å². The minimum Gasteiger partial charge on any atom is -0.474 e. The molecule has 0 fully saturated rings. The SMILES string of the molecule is Cc1coc2ccc(-c3noc(C(=O)O)n3)cc12. The molecule has 0 saturated heterocycles. The van der Waals surface area contributed by atoms with Crippen molar-refractivity contribution in [2.24, 2.45) is 0 Å². The van der Waals surface area contributed by atoms with Gasteiger partial charge in [-0.05, 0) is 30.7 Å². The molecule has 3 rings (SSSR count). The fourth-order valence-corrected chi connectivity index (χ4v) is 1.72. The van der Waals surface area contributed by atoms with Gasteiger partial charge in [-0.15, -0.1) is 0 Å². The molecule has 6 nitrogen and oxygen atoms in total. The number of aryl methyl sites for hydroxylation is 1. The lowest BCUT2D eigenvalue weighted by Gasteiger charge is -1.94. The van der Waals surface area contributed by atoms with Gasteiger partial charge in [0.15, 0.2) is 0 Å². The average molecular weight is 244 g/mol. The van der Waals surface area contributed by atoms with Gasteiger partial charge in [-0.2, -0.15) is 4.98 Å². The van der Waals surface area contributed by atoms with Crippen LogP contribution in [0.4, 0.5) is 0 Å². The molecule has 0 amide bonds. The van der Waals surface area contributed by atoms with Crippen molar-refractivity contribution >= 4 is 16.9 Å². The summed E-state index contributed by atoms with van der Waals surface area (Å²) in [5.74, 6) is -1.42. The summed E-state index contributed by atoms with van der Waals surface area (Å²) in [5.41, 5.74) is 2.44. The number of fused-ring (bicyclic) bond motifs is 1. The second-order valence-corrected chi connectivity index (χ2v) is 3.86. The van der Waals surface area contributed by atoms with Gasteiger partial charge >= 0.3 is 11.9 Å². The molecular weight excluding hydrogens is 236 g/mol. The molecule has 0 aliphatic rings. The average Bonchev–Trinajstić information content (AvgIpc) is 2.96. The maximum absolute atomic E-state index is 10.7. The maximum atomic E-state index is 10.7. The first-order valence-electron chi connectivity index (χ1n) is 5.20. The van der Waals surface area contributed by atoms with Crippen LogP contribution >= 0.6 is 0 Å². The van der Waals surface area contributed by atoms with E-state index in [-0.39, 0.29) is 5.82 Å². The molecule has 2 heterocycles. The molecule has 1 aromatic carbocycles. The van der Waals surface area contributed by atoms with Crippen molar-refractivity contribution < 1.29 is 18.8 Å². The summed E-state index contributed by atoms with van der Waals surface area (Å²) in [4.78, 5) is 14.5. The van der Waals surface area contributed by atoms with E-state index in [1.54, 1.807) is 18.4 Å². The van der Waals surface area contributed by atoms with Crippen LogP contribution in [0.2, 0.25) is 0 Å². The molecule has 0 aliphatic carbocycles. The third-order valence-electron chi connectivity index (χ3n) is 2.63. The smallest absolute Gasteiger partial charge is 0.394 e. The highest BCUT2D eigenvalue weighted by atomic mass is 16.5. The maximum Gasteiger partial charge on any atom is 0.394 e. The minimum atomic E-state index is -1.24. The topological polar surface area (TPSA) is 89.4 Å². The second-order valence-electron chi connectivity index (χ2n) is 3.86. The molecule has 0 aliphatic heterocycles. The monoisotopic (exact) mass is 244 g/mol. The number of aromatic carboxylic acids is 1. The zero-order valence-electron chi connectivity index (χ0n) is 9.38. The number of carbonyl (C=O) groups is 1. The third-order valence-corrected chi connectivity index (χ3v) is 2.63. The Morgan fingerprint density at radius 2 is 2.22 bits per heavy atom. The Bertz CT molecular complexity index is 741. The van der Waals surface area contributed by atoms with E-state index in [9.17, 15) is 4.79 Å². The zero-order chi connectivity index (χ0) is 12.7. The molecule has 3 aromatic rings.